The van der Waals surface area contributed by atoms with E-state index in [0.717, 1.165) is 25.3 Å². The molecule has 1 aliphatic carbocycles. The number of nitrogens with zero attached hydrogens (tertiary/aromatic N) is 2. The van der Waals surface area contributed by atoms with Crippen LogP contribution in [0.25, 0.3) is 0 Å². The van der Waals surface area contributed by atoms with Gasteiger partial charge < -0.3 is 14.6 Å². The summed E-state index contributed by atoms with van der Waals surface area (Å²) in [5, 5.41) is 7.71. The van der Waals surface area contributed by atoms with Crippen LogP contribution in [0.3, 0.4) is 0 Å². The lowest BCUT2D eigenvalue weighted by molar-refractivity contribution is 0.0518. The minimum absolute atomic E-state index is 0.0385. The second kappa shape index (κ2) is 8.49. The van der Waals surface area contributed by atoms with Crippen molar-refractivity contribution in [3.05, 3.63) is 11.7 Å². The van der Waals surface area contributed by atoms with E-state index >= 15 is 0 Å². The zero-order valence-corrected chi connectivity index (χ0v) is 13.6. The molecule has 0 radical (unpaired) electrons. The summed E-state index contributed by atoms with van der Waals surface area (Å²) in [5.74, 6) is 2.07. The molecule has 5 heteroatoms. The van der Waals surface area contributed by atoms with Crippen LogP contribution in [0.5, 0.6) is 0 Å². The second-order valence-corrected chi connectivity index (χ2v) is 5.81. The minimum Gasteiger partial charge on any atom is -0.370 e. The molecule has 120 valence electrons. The molecule has 1 aliphatic rings. The van der Waals surface area contributed by atoms with Gasteiger partial charge in [-0.05, 0) is 38.6 Å². The lowest BCUT2D eigenvalue weighted by Crippen LogP contribution is -2.39. The van der Waals surface area contributed by atoms with Crippen LogP contribution in [0, 0.1) is 5.92 Å². The number of ether oxygens (including phenoxy) is 1. The highest BCUT2D eigenvalue weighted by Gasteiger charge is 2.27. The second-order valence-electron chi connectivity index (χ2n) is 5.81. The summed E-state index contributed by atoms with van der Waals surface area (Å²) in [6.07, 6.45) is 6.86. The fraction of sp³-hybridized carbons (Fsp3) is 0.875. The molecule has 2 rings (SSSR count). The predicted octanol–water partition coefficient (Wildman–Crippen LogP) is 3.27. The van der Waals surface area contributed by atoms with Crippen molar-refractivity contribution in [1.29, 1.82) is 0 Å². The van der Waals surface area contributed by atoms with Crippen LogP contribution in [0.15, 0.2) is 4.52 Å². The van der Waals surface area contributed by atoms with Crippen molar-refractivity contribution >= 4 is 0 Å². The van der Waals surface area contributed by atoms with Gasteiger partial charge in [0.1, 0.15) is 6.10 Å². The first-order chi connectivity index (χ1) is 10.3. The van der Waals surface area contributed by atoms with Gasteiger partial charge in [0.25, 0.3) is 0 Å². The monoisotopic (exact) mass is 295 g/mol. The van der Waals surface area contributed by atoms with Crippen molar-refractivity contribution in [2.45, 2.75) is 71.4 Å². The predicted molar refractivity (Wildman–Crippen MR) is 82.1 cm³/mol. The summed E-state index contributed by atoms with van der Waals surface area (Å²) in [4.78, 5) is 4.56. The molecule has 0 saturated heterocycles. The molecule has 0 spiro atoms. The van der Waals surface area contributed by atoms with E-state index in [1.54, 1.807) is 0 Å². The Bertz CT molecular complexity index is 406. The van der Waals surface area contributed by atoms with Crippen molar-refractivity contribution in [2.75, 3.05) is 13.2 Å². The lowest BCUT2D eigenvalue weighted by Gasteiger charge is -2.31. The maximum Gasteiger partial charge on any atom is 0.227 e. The quantitative estimate of drug-likeness (QED) is 0.797. The first-order valence-electron chi connectivity index (χ1n) is 8.45. The SMILES string of the molecule is CCNC1CCCCC1Cc1nc(C(CC)OCC)no1. The fourth-order valence-electron chi connectivity index (χ4n) is 3.27. The van der Waals surface area contributed by atoms with E-state index in [9.17, 15) is 0 Å². The highest BCUT2D eigenvalue weighted by atomic mass is 16.5. The first-order valence-corrected chi connectivity index (χ1v) is 8.45. The highest BCUT2D eigenvalue weighted by molar-refractivity contribution is 4.94. The van der Waals surface area contributed by atoms with Crippen molar-refractivity contribution in [2.24, 2.45) is 5.92 Å². The van der Waals surface area contributed by atoms with Gasteiger partial charge in [-0.25, -0.2) is 0 Å². The third kappa shape index (κ3) is 4.51. The Kier molecular flexibility index (Phi) is 6.64. The van der Waals surface area contributed by atoms with Crippen LogP contribution in [0.4, 0.5) is 0 Å². The Balaban J connectivity index is 1.97. The van der Waals surface area contributed by atoms with Gasteiger partial charge in [-0.15, -0.1) is 0 Å². The fourth-order valence-corrected chi connectivity index (χ4v) is 3.27. The molecule has 1 aromatic rings. The normalized spacial score (nSPS) is 24.1. The van der Waals surface area contributed by atoms with Gasteiger partial charge in [0.05, 0.1) is 0 Å². The van der Waals surface area contributed by atoms with E-state index in [4.69, 9.17) is 9.26 Å². The number of hydrogen-bond donors (Lipinski definition) is 1. The molecule has 0 aliphatic heterocycles. The van der Waals surface area contributed by atoms with Gasteiger partial charge in [-0.2, -0.15) is 4.98 Å². The van der Waals surface area contributed by atoms with Crippen molar-refractivity contribution in [1.82, 2.24) is 15.5 Å². The molecule has 3 unspecified atom stereocenters. The topological polar surface area (TPSA) is 60.2 Å². The Morgan fingerprint density at radius 3 is 2.81 bits per heavy atom. The van der Waals surface area contributed by atoms with Crippen molar-refractivity contribution in [3.63, 3.8) is 0 Å². The van der Waals surface area contributed by atoms with Gasteiger partial charge in [-0.3, -0.25) is 0 Å². The summed E-state index contributed by atoms with van der Waals surface area (Å²) in [5.41, 5.74) is 0. The molecule has 1 N–H and O–H groups in total. The molecule has 1 aromatic heterocycles. The Labute approximate surface area is 127 Å². The first kappa shape index (κ1) is 16.4. The number of aromatic nitrogens is 2. The molecular formula is C16H29N3O2. The minimum atomic E-state index is -0.0385. The van der Waals surface area contributed by atoms with Crippen LogP contribution < -0.4 is 5.32 Å². The van der Waals surface area contributed by atoms with E-state index in [1.807, 2.05) is 6.92 Å². The van der Waals surface area contributed by atoms with E-state index in [2.05, 4.69) is 29.3 Å². The zero-order chi connectivity index (χ0) is 15.1. The average Bonchev–Trinajstić information content (AvgIpc) is 2.95. The van der Waals surface area contributed by atoms with Crippen LogP contribution >= 0.6 is 0 Å². The summed E-state index contributed by atoms with van der Waals surface area (Å²) in [6.45, 7) is 7.95. The molecule has 3 atom stereocenters. The summed E-state index contributed by atoms with van der Waals surface area (Å²) in [6, 6.07) is 0.591. The molecule has 0 amide bonds. The smallest absolute Gasteiger partial charge is 0.227 e. The maximum atomic E-state index is 5.64. The Morgan fingerprint density at radius 2 is 2.10 bits per heavy atom. The van der Waals surface area contributed by atoms with E-state index in [-0.39, 0.29) is 6.10 Å². The number of rotatable bonds is 8. The third-order valence-corrected chi connectivity index (χ3v) is 4.32. The Morgan fingerprint density at radius 1 is 1.29 bits per heavy atom. The largest absolute Gasteiger partial charge is 0.370 e. The highest BCUT2D eigenvalue weighted by Crippen LogP contribution is 2.28. The van der Waals surface area contributed by atoms with Gasteiger partial charge in [0, 0.05) is 19.1 Å². The van der Waals surface area contributed by atoms with Crippen LogP contribution in [-0.2, 0) is 11.2 Å². The maximum absolute atomic E-state index is 5.64. The van der Waals surface area contributed by atoms with Crippen molar-refractivity contribution in [3.8, 4) is 0 Å². The number of nitrogens with one attached hydrogen (secondary N) is 1. The summed E-state index contributed by atoms with van der Waals surface area (Å²) in [7, 11) is 0. The molecule has 1 fully saturated rings. The van der Waals surface area contributed by atoms with Gasteiger partial charge in [0.15, 0.2) is 0 Å². The molecular weight excluding hydrogens is 266 g/mol. The van der Waals surface area contributed by atoms with Gasteiger partial charge in [-0.1, -0.05) is 31.8 Å². The molecule has 5 nitrogen and oxygen atoms in total. The van der Waals surface area contributed by atoms with E-state index < -0.39 is 0 Å². The Hall–Kier alpha value is -0.940. The third-order valence-electron chi connectivity index (χ3n) is 4.32. The zero-order valence-electron chi connectivity index (χ0n) is 13.6. The number of hydrogen-bond acceptors (Lipinski definition) is 5. The van der Waals surface area contributed by atoms with Crippen LogP contribution in [-0.4, -0.2) is 29.3 Å². The van der Waals surface area contributed by atoms with Crippen LogP contribution in [0.2, 0.25) is 0 Å². The molecule has 21 heavy (non-hydrogen) atoms. The van der Waals surface area contributed by atoms with Gasteiger partial charge in [0.2, 0.25) is 11.7 Å². The van der Waals surface area contributed by atoms with Gasteiger partial charge >= 0.3 is 0 Å². The van der Waals surface area contributed by atoms with Crippen molar-refractivity contribution < 1.29 is 9.26 Å². The summed E-state index contributed by atoms with van der Waals surface area (Å²) >= 11 is 0. The molecule has 1 heterocycles. The van der Waals surface area contributed by atoms with E-state index in [0.29, 0.717) is 24.4 Å². The average molecular weight is 295 g/mol. The molecule has 0 aromatic carbocycles. The molecule has 0 bridgehead atoms. The lowest BCUT2D eigenvalue weighted by atomic mass is 9.82. The summed E-state index contributed by atoms with van der Waals surface area (Å²) < 4.78 is 11.1. The molecule has 1 saturated carbocycles. The standard InChI is InChI=1S/C16H29N3O2/c1-4-14(20-6-3)16-18-15(21-19-16)11-12-9-7-8-10-13(12)17-5-2/h12-14,17H,4-11H2,1-3H3. The van der Waals surface area contributed by atoms with E-state index in [1.165, 1.54) is 25.7 Å². The van der Waals surface area contributed by atoms with Crippen LogP contribution in [0.1, 0.15) is 70.7 Å².